The molecule has 0 atom stereocenters. The highest BCUT2D eigenvalue weighted by molar-refractivity contribution is 5.85. The first-order valence-corrected chi connectivity index (χ1v) is 5.78. The Hall–Kier alpha value is -1.56. The summed E-state index contributed by atoms with van der Waals surface area (Å²) in [6, 6.07) is 8.50. The van der Waals surface area contributed by atoms with Gasteiger partial charge in [-0.15, -0.1) is 0 Å². The SMILES string of the molecule is CC(C)(N)C(=O)N(Cc1ccccc1)CC(F)(F)F. The topological polar surface area (TPSA) is 46.3 Å². The molecule has 6 heteroatoms. The van der Waals surface area contributed by atoms with Gasteiger partial charge in [0.2, 0.25) is 5.91 Å². The predicted octanol–water partition coefficient (Wildman–Crippen LogP) is 2.31. The Morgan fingerprint density at radius 3 is 2.16 bits per heavy atom. The van der Waals surface area contributed by atoms with E-state index in [-0.39, 0.29) is 6.54 Å². The lowest BCUT2D eigenvalue weighted by molar-refractivity contribution is -0.165. The van der Waals surface area contributed by atoms with Crippen molar-refractivity contribution >= 4 is 5.91 Å². The Morgan fingerprint density at radius 1 is 1.21 bits per heavy atom. The fourth-order valence-electron chi connectivity index (χ4n) is 1.63. The summed E-state index contributed by atoms with van der Waals surface area (Å²) in [6.45, 7) is 1.37. The van der Waals surface area contributed by atoms with Crippen molar-refractivity contribution in [1.82, 2.24) is 4.90 Å². The van der Waals surface area contributed by atoms with E-state index in [0.717, 1.165) is 4.90 Å². The minimum atomic E-state index is -4.45. The molecule has 1 aromatic rings. The maximum atomic E-state index is 12.5. The van der Waals surface area contributed by atoms with Crippen LogP contribution in [-0.4, -0.2) is 29.1 Å². The number of carbonyl (C=O) groups is 1. The van der Waals surface area contributed by atoms with Gasteiger partial charge in [0.25, 0.3) is 0 Å². The quantitative estimate of drug-likeness (QED) is 0.915. The minimum absolute atomic E-state index is 0.111. The summed E-state index contributed by atoms with van der Waals surface area (Å²) in [7, 11) is 0. The maximum Gasteiger partial charge on any atom is 0.406 e. The number of hydrogen-bond acceptors (Lipinski definition) is 2. The molecule has 0 saturated heterocycles. The third-order valence-electron chi connectivity index (χ3n) is 2.42. The number of carbonyl (C=O) groups excluding carboxylic acids is 1. The summed E-state index contributed by atoms with van der Waals surface area (Å²) in [5.41, 5.74) is 4.89. The number of rotatable bonds is 4. The van der Waals surface area contributed by atoms with Crippen molar-refractivity contribution in [3.8, 4) is 0 Å². The van der Waals surface area contributed by atoms with Gasteiger partial charge in [-0.1, -0.05) is 30.3 Å². The van der Waals surface area contributed by atoms with Crippen LogP contribution in [0.2, 0.25) is 0 Å². The van der Waals surface area contributed by atoms with E-state index in [1.165, 1.54) is 13.8 Å². The Bertz CT molecular complexity index is 424. The van der Waals surface area contributed by atoms with E-state index in [1.807, 2.05) is 0 Å². The van der Waals surface area contributed by atoms with Crippen molar-refractivity contribution in [3.63, 3.8) is 0 Å². The molecule has 0 aliphatic heterocycles. The van der Waals surface area contributed by atoms with Gasteiger partial charge in [-0.3, -0.25) is 4.79 Å². The molecular formula is C13H17F3N2O. The van der Waals surface area contributed by atoms with Crippen molar-refractivity contribution in [2.24, 2.45) is 5.73 Å². The highest BCUT2D eigenvalue weighted by Gasteiger charge is 2.36. The molecule has 0 aromatic heterocycles. The number of benzene rings is 1. The van der Waals surface area contributed by atoms with Gasteiger partial charge in [-0.25, -0.2) is 0 Å². The van der Waals surface area contributed by atoms with Crippen LogP contribution >= 0.6 is 0 Å². The van der Waals surface area contributed by atoms with E-state index in [9.17, 15) is 18.0 Å². The molecule has 0 spiro atoms. The van der Waals surface area contributed by atoms with Crippen LogP contribution in [0.4, 0.5) is 13.2 Å². The van der Waals surface area contributed by atoms with E-state index in [0.29, 0.717) is 5.56 Å². The van der Waals surface area contributed by atoms with Crippen molar-refractivity contribution in [2.45, 2.75) is 32.1 Å². The summed E-state index contributed by atoms with van der Waals surface area (Å²) in [6.07, 6.45) is -4.45. The van der Waals surface area contributed by atoms with E-state index in [4.69, 9.17) is 5.73 Å². The number of nitrogens with two attached hydrogens (primary N) is 1. The van der Waals surface area contributed by atoms with Gasteiger partial charge >= 0.3 is 6.18 Å². The van der Waals surface area contributed by atoms with Crippen molar-refractivity contribution in [2.75, 3.05) is 6.54 Å². The van der Waals surface area contributed by atoms with Crippen LogP contribution in [0.3, 0.4) is 0 Å². The fourth-order valence-corrected chi connectivity index (χ4v) is 1.63. The van der Waals surface area contributed by atoms with Crippen LogP contribution in [0, 0.1) is 0 Å². The normalized spacial score (nSPS) is 12.3. The molecule has 0 aliphatic carbocycles. The first-order valence-electron chi connectivity index (χ1n) is 5.78. The Kier molecular flexibility index (Phi) is 4.57. The van der Waals surface area contributed by atoms with Gasteiger partial charge in [0.15, 0.2) is 0 Å². The second-order valence-corrected chi connectivity index (χ2v) is 4.98. The van der Waals surface area contributed by atoms with E-state index < -0.39 is 24.2 Å². The molecule has 1 rings (SSSR count). The zero-order valence-corrected chi connectivity index (χ0v) is 10.9. The lowest BCUT2D eigenvalue weighted by Crippen LogP contribution is -2.53. The highest BCUT2D eigenvalue weighted by atomic mass is 19.4. The molecule has 106 valence electrons. The molecule has 0 heterocycles. The van der Waals surface area contributed by atoms with E-state index in [2.05, 4.69) is 0 Å². The number of amides is 1. The van der Waals surface area contributed by atoms with Crippen molar-refractivity contribution in [1.29, 1.82) is 0 Å². The number of halogens is 3. The van der Waals surface area contributed by atoms with Crippen LogP contribution < -0.4 is 5.73 Å². The third kappa shape index (κ3) is 5.30. The van der Waals surface area contributed by atoms with Gasteiger partial charge in [-0.05, 0) is 19.4 Å². The molecule has 0 bridgehead atoms. The first kappa shape index (κ1) is 15.5. The third-order valence-corrected chi connectivity index (χ3v) is 2.42. The van der Waals surface area contributed by atoms with Crippen LogP contribution in [0.15, 0.2) is 30.3 Å². The second-order valence-electron chi connectivity index (χ2n) is 4.98. The summed E-state index contributed by atoms with van der Waals surface area (Å²) >= 11 is 0. The highest BCUT2D eigenvalue weighted by Crippen LogP contribution is 2.20. The van der Waals surface area contributed by atoms with Gasteiger partial charge in [0, 0.05) is 6.54 Å². The molecule has 0 radical (unpaired) electrons. The average Bonchev–Trinajstić information content (AvgIpc) is 2.25. The lowest BCUT2D eigenvalue weighted by Gasteiger charge is -2.30. The van der Waals surface area contributed by atoms with Crippen molar-refractivity contribution in [3.05, 3.63) is 35.9 Å². The number of nitrogens with zero attached hydrogens (tertiary/aromatic N) is 1. The van der Waals surface area contributed by atoms with Crippen LogP contribution in [0.5, 0.6) is 0 Å². The predicted molar refractivity (Wildman–Crippen MR) is 66.2 cm³/mol. The minimum Gasteiger partial charge on any atom is -0.328 e. The van der Waals surface area contributed by atoms with Gasteiger partial charge in [0.05, 0.1) is 5.54 Å². The smallest absolute Gasteiger partial charge is 0.328 e. The maximum absolute atomic E-state index is 12.5. The number of hydrogen-bond donors (Lipinski definition) is 1. The van der Waals surface area contributed by atoms with E-state index >= 15 is 0 Å². The average molecular weight is 274 g/mol. The molecule has 2 N–H and O–H groups in total. The molecule has 1 amide bonds. The molecule has 0 unspecified atom stereocenters. The van der Waals surface area contributed by atoms with Crippen LogP contribution in [0.25, 0.3) is 0 Å². The summed E-state index contributed by atoms with van der Waals surface area (Å²) < 4.78 is 37.6. The van der Waals surface area contributed by atoms with Crippen LogP contribution in [-0.2, 0) is 11.3 Å². The Labute approximate surface area is 110 Å². The van der Waals surface area contributed by atoms with E-state index in [1.54, 1.807) is 30.3 Å². The molecule has 19 heavy (non-hydrogen) atoms. The molecule has 0 saturated carbocycles. The molecule has 0 aliphatic rings. The molecular weight excluding hydrogens is 257 g/mol. The van der Waals surface area contributed by atoms with Gasteiger partial charge < -0.3 is 10.6 Å². The molecule has 0 fully saturated rings. The molecule has 3 nitrogen and oxygen atoms in total. The summed E-state index contributed by atoms with van der Waals surface area (Å²) in [4.78, 5) is 12.7. The number of alkyl halides is 3. The fraction of sp³-hybridized carbons (Fsp3) is 0.462. The summed E-state index contributed by atoms with van der Waals surface area (Å²) in [5.74, 6) is -0.728. The summed E-state index contributed by atoms with van der Waals surface area (Å²) in [5, 5.41) is 0. The van der Waals surface area contributed by atoms with Gasteiger partial charge in [0.1, 0.15) is 6.54 Å². The zero-order valence-electron chi connectivity index (χ0n) is 10.9. The second kappa shape index (κ2) is 5.61. The first-order chi connectivity index (χ1) is 8.59. The van der Waals surface area contributed by atoms with Gasteiger partial charge in [-0.2, -0.15) is 13.2 Å². The monoisotopic (exact) mass is 274 g/mol. The zero-order chi connectivity index (χ0) is 14.7. The Morgan fingerprint density at radius 2 is 1.74 bits per heavy atom. The standard InChI is InChI=1S/C13H17F3N2O/c1-12(2,17)11(19)18(9-13(14,15)16)8-10-6-4-3-5-7-10/h3-7H,8-9,17H2,1-2H3. The largest absolute Gasteiger partial charge is 0.406 e. The lowest BCUT2D eigenvalue weighted by atomic mass is 10.0. The van der Waals surface area contributed by atoms with Crippen LogP contribution in [0.1, 0.15) is 19.4 Å². The van der Waals surface area contributed by atoms with Crippen molar-refractivity contribution < 1.29 is 18.0 Å². The Balaban J connectivity index is 2.90. The molecule has 1 aromatic carbocycles.